The van der Waals surface area contributed by atoms with Gasteiger partial charge in [0.25, 0.3) is 5.91 Å². The Morgan fingerprint density at radius 3 is 2.39 bits per heavy atom. The molecular formula is C22H21ClN4O. The molecule has 1 fully saturated rings. The number of nitrogens with zero attached hydrogens (tertiary/aromatic N) is 3. The van der Waals surface area contributed by atoms with Crippen molar-refractivity contribution in [3.63, 3.8) is 0 Å². The Bertz CT molecular complexity index is 956. The van der Waals surface area contributed by atoms with Crippen LogP contribution in [0.4, 0.5) is 17.2 Å². The average Bonchev–Trinajstić information content (AvgIpc) is 2.75. The number of amides is 1. The van der Waals surface area contributed by atoms with Crippen LogP contribution < -0.4 is 15.1 Å². The van der Waals surface area contributed by atoms with Crippen LogP contribution >= 0.6 is 11.6 Å². The molecule has 6 heteroatoms. The van der Waals surface area contributed by atoms with Crippen molar-refractivity contribution in [2.75, 3.05) is 41.3 Å². The monoisotopic (exact) mass is 392 g/mol. The van der Waals surface area contributed by atoms with Crippen molar-refractivity contribution in [2.24, 2.45) is 0 Å². The molecule has 0 spiro atoms. The van der Waals surface area contributed by atoms with Crippen LogP contribution in [0.3, 0.4) is 0 Å². The van der Waals surface area contributed by atoms with Gasteiger partial charge in [0.15, 0.2) is 0 Å². The zero-order chi connectivity index (χ0) is 19.3. The molecule has 3 aromatic rings. The number of nitrogens with one attached hydrogen (secondary N) is 1. The molecule has 0 radical (unpaired) electrons. The van der Waals surface area contributed by atoms with Crippen molar-refractivity contribution >= 4 is 34.7 Å². The van der Waals surface area contributed by atoms with E-state index >= 15 is 0 Å². The summed E-state index contributed by atoms with van der Waals surface area (Å²) in [5.74, 6) is 0.653. The van der Waals surface area contributed by atoms with E-state index < -0.39 is 0 Å². The van der Waals surface area contributed by atoms with E-state index in [4.69, 9.17) is 11.6 Å². The number of hydrogen-bond donors (Lipinski definition) is 1. The maximum absolute atomic E-state index is 12.6. The number of piperazine rings is 1. The van der Waals surface area contributed by atoms with Crippen molar-refractivity contribution in [3.05, 3.63) is 83.5 Å². The molecule has 0 bridgehead atoms. The minimum Gasteiger partial charge on any atom is -0.368 e. The number of benzene rings is 2. The standard InChI is InChI=1S/C22H21ClN4O/c23-18-5-4-6-19(16-18)25-22(28)17-9-10-24-21(15-17)27-13-11-26(12-14-27)20-7-2-1-3-8-20/h1-10,15-16H,11-14H2,(H,25,28). The van der Waals surface area contributed by atoms with E-state index in [9.17, 15) is 4.79 Å². The fraction of sp³-hybridized carbons (Fsp3) is 0.182. The maximum atomic E-state index is 12.6. The number of halogens is 1. The summed E-state index contributed by atoms with van der Waals surface area (Å²) in [6.45, 7) is 3.57. The van der Waals surface area contributed by atoms with Crippen molar-refractivity contribution < 1.29 is 4.79 Å². The van der Waals surface area contributed by atoms with Crippen LogP contribution in [0.1, 0.15) is 10.4 Å². The lowest BCUT2D eigenvalue weighted by Gasteiger charge is -2.36. The summed E-state index contributed by atoms with van der Waals surface area (Å²) in [6, 6.07) is 21.1. The molecule has 142 valence electrons. The predicted octanol–water partition coefficient (Wildman–Crippen LogP) is 4.31. The number of hydrogen-bond acceptors (Lipinski definition) is 4. The lowest BCUT2D eigenvalue weighted by molar-refractivity contribution is 0.102. The third-order valence-corrected chi connectivity index (χ3v) is 5.05. The molecule has 0 saturated carbocycles. The second-order valence-corrected chi connectivity index (χ2v) is 7.11. The predicted molar refractivity (Wildman–Crippen MR) is 115 cm³/mol. The third kappa shape index (κ3) is 4.26. The second-order valence-electron chi connectivity index (χ2n) is 6.68. The molecule has 0 aliphatic carbocycles. The Hall–Kier alpha value is -3.05. The number of rotatable bonds is 4. The lowest BCUT2D eigenvalue weighted by atomic mass is 10.2. The zero-order valence-corrected chi connectivity index (χ0v) is 16.1. The number of pyridine rings is 1. The van der Waals surface area contributed by atoms with Gasteiger partial charge in [-0.1, -0.05) is 35.9 Å². The first kappa shape index (κ1) is 18.3. The molecule has 0 unspecified atom stereocenters. The second kappa shape index (κ2) is 8.31. The summed E-state index contributed by atoms with van der Waals surface area (Å²) in [7, 11) is 0. The highest BCUT2D eigenvalue weighted by Crippen LogP contribution is 2.21. The van der Waals surface area contributed by atoms with Crippen LogP contribution in [-0.4, -0.2) is 37.1 Å². The molecule has 5 nitrogen and oxygen atoms in total. The van der Waals surface area contributed by atoms with Gasteiger partial charge in [0, 0.05) is 54.3 Å². The first-order chi connectivity index (χ1) is 13.7. The van der Waals surface area contributed by atoms with Crippen LogP contribution in [0.5, 0.6) is 0 Å². The van der Waals surface area contributed by atoms with Crippen LogP contribution in [0, 0.1) is 0 Å². The van der Waals surface area contributed by atoms with Gasteiger partial charge in [0.2, 0.25) is 0 Å². The molecule has 1 amide bonds. The lowest BCUT2D eigenvalue weighted by Crippen LogP contribution is -2.46. The fourth-order valence-electron chi connectivity index (χ4n) is 3.33. The summed E-state index contributed by atoms with van der Waals surface area (Å²) in [4.78, 5) is 21.6. The third-order valence-electron chi connectivity index (χ3n) is 4.82. The van der Waals surface area contributed by atoms with Gasteiger partial charge in [-0.15, -0.1) is 0 Å². The summed E-state index contributed by atoms with van der Waals surface area (Å²) >= 11 is 5.99. The molecule has 4 rings (SSSR count). The summed E-state index contributed by atoms with van der Waals surface area (Å²) in [6.07, 6.45) is 1.69. The number of aromatic nitrogens is 1. The molecule has 1 aliphatic heterocycles. The summed E-state index contributed by atoms with van der Waals surface area (Å²) in [5.41, 5.74) is 2.49. The largest absolute Gasteiger partial charge is 0.368 e. The molecular weight excluding hydrogens is 372 g/mol. The number of carbonyl (C=O) groups excluding carboxylic acids is 1. The van der Waals surface area contributed by atoms with Crippen LogP contribution in [0.25, 0.3) is 0 Å². The molecule has 1 aromatic heterocycles. The Balaban J connectivity index is 1.42. The Morgan fingerprint density at radius 1 is 0.893 bits per heavy atom. The van der Waals surface area contributed by atoms with Crippen molar-refractivity contribution in [1.82, 2.24) is 4.98 Å². The Morgan fingerprint density at radius 2 is 1.64 bits per heavy atom. The minimum absolute atomic E-state index is 0.172. The van der Waals surface area contributed by atoms with Crippen LogP contribution in [0.2, 0.25) is 5.02 Å². The number of anilines is 3. The number of para-hydroxylation sites is 1. The van der Waals surface area contributed by atoms with E-state index in [1.165, 1.54) is 5.69 Å². The highest BCUT2D eigenvalue weighted by Gasteiger charge is 2.19. The zero-order valence-electron chi connectivity index (χ0n) is 15.4. The van der Waals surface area contributed by atoms with E-state index in [1.807, 2.05) is 24.3 Å². The van der Waals surface area contributed by atoms with E-state index in [0.717, 1.165) is 32.0 Å². The quantitative estimate of drug-likeness (QED) is 0.718. The normalized spacial score (nSPS) is 14.0. The topological polar surface area (TPSA) is 48.5 Å². The average molecular weight is 393 g/mol. The first-order valence-corrected chi connectivity index (χ1v) is 9.65. The van der Waals surface area contributed by atoms with Crippen molar-refractivity contribution in [2.45, 2.75) is 0 Å². The summed E-state index contributed by atoms with van der Waals surface area (Å²) in [5, 5.41) is 3.47. The van der Waals surface area contributed by atoms with Gasteiger partial charge in [0.1, 0.15) is 5.82 Å². The molecule has 2 aromatic carbocycles. The van der Waals surface area contributed by atoms with E-state index in [0.29, 0.717) is 16.3 Å². The van der Waals surface area contributed by atoms with Gasteiger partial charge in [-0.2, -0.15) is 0 Å². The maximum Gasteiger partial charge on any atom is 0.255 e. The van der Waals surface area contributed by atoms with Crippen LogP contribution in [0.15, 0.2) is 72.9 Å². The number of carbonyl (C=O) groups is 1. The van der Waals surface area contributed by atoms with Gasteiger partial charge >= 0.3 is 0 Å². The van der Waals surface area contributed by atoms with E-state index in [1.54, 1.807) is 24.4 Å². The van der Waals surface area contributed by atoms with Gasteiger partial charge in [-0.05, 0) is 42.5 Å². The SMILES string of the molecule is O=C(Nc1cccc(Cl)c1)c1ccnc(N2CCN(c3ccccc3)CC2)c1. The van der Waals surface area contributed by atoms with Gasteiger partial charge < -0.3 is 15.1 Å². The molecule has 1 N–H and O–H groups in total. The van der Waals surface area contributed by atoms with E-state index in [2.05, 4.69) is 44.4 Å². The highest BCUT2D eigenvalue weighted by molar-refractivity contribution is 6.31. The first-order valence-electron chi connectivity index (χ1n) is 9.27. The smallest absolute Gasteiger partial charge is 0.255 e. The highest BCUT2D eigenvalue weighted by atomic mass is 35.5. The molecule has 1 aliphatic rings. The summed E-state index contributed by atoms with van der Waals surface area (Å²) < 4.78 is 0. The molecule has 2 heterocycles. The molecule has 0 atom stereocenters. The molecule has 28 heavy (non-hydrogen) atoms. The van der Waals surface area contributed by atoms with E-state index in [-0.39, 0.29) is 5.91 Å². The minimum atomic E-state index is -0.172. The van der Waals surface area contributed by atoms with Gasteiger partial charge in [0.05, 0.1) is 0 Å². The van der Waals surface area contributed by atoms with Crippen molar-refractivity contribution in [1.29, 1.82) is 0 Å². The van der Waals surface area contributed by atoms with Gasteiger partial charge in [-0.3, -0.25) is 4.79 Å². The van der Waals surface area contributed by atoms with Crippen molar-refractivity contribution in [3.8, 4) is 0 Å². The molecule has 1 saturated heterocycles. The Labute approximate surface area is 169 Å². The van der Waals surface area contributed by atoms with Crippen LogP contribution in [-0.2, 0) is 0 Å². The fourth-order valence-corrected chi connectivity index (χ4v) is 3.52. The van der Waals surface area contributed by atoms with Gasteiger partial charge in [-0.25, -0.2) is 4.98 Å². The Kier molecular flexibility index (Phi) is 5.44.